The van der Waals surface area contributed by atoms with Gasteiger partial charge in [0.25, 0.3) is 0 Å². The average molecular weight is 401 g/mol. The maximum absolute atomic E-state index is 11.2. The van der Waals surface area contributed by atoms with Crippen molar-refractivity contribution in [3.8, 4) is 0 Å². The van der Waals surface area contributed by atoms with Crippen molar-refractivity contribution in [2.75, 3.05) is 7.11 Å². The summed E-state index contributed by atoms with van der Waals surface area (Å²) in [5.74, 6) is -0.294. The highest BCUT2D eigenvalue weighted by atomic mass is 79.9. The summed E-state index contributed by atoms with van der Waals surface area (Å²) >= 11 is 10.1. The van der Waals surface area contributed by atoms with Crippen LogP contribution in [0.5, 0.6) is 0 Å². The quantitative estimate of drug-likeness (QED) is 0.564. The van der Waals surface area contributed by atoms with E-state index in [4.69, 9.17) is 0 Å². The summed E-state index contributed by atoms with van der Waals surface area (Å²) in [7, 11) is 1.37. The molecule has 1 atom stereocenters. The summed E-state index contributed by atoms with van der Waals surface area (Å²) < 4.78 is 4.77. The van der Waals surface area contributed by atoms with Crippen LogP contribution in [-0.4, -0.2) is 13.1 Å². The van der Waals surface area contributed by atoms with E-state index in [9.17, 15) is 4.79 Å². The molecule has 1 rings (SSSR count). The monoisotopic (exact) mass is 398 g/mol. The van der Waals surface area contributed by atoms with E-state index >= 15 is 0 Å². The number of halogens is 3. The number of methoxy groups -OCH3 is 1. The van der Waals surface area contributed by atoms with Crippen LogP contribution >= 0.6 is 47.8 Å². The van der Waals surface area contributed by atoms with Crippen molar-refractivity contribution in [2.45, 2.75) is 8.56 Å². The summed E-state index contributed by atoms with van der Waals surface area (Å²) in [5.41, 5.74) is 1.98. The van der Waals surface area contributed by atoms with Crippen molar-refractivity contribution in [2.24, 2.45) is 0 Å². The summed E-state index contributed by atoms with van der Waals surface area (Å²) in [6, 6.07) is 7.67. The Hall–Kier alpha value is 0.130. The van der Waals surface area contributed by atoms with Gasteiger partial charge in [0, 0.05) is 0 Å². The van der Waals surface area contributed by atoms with Crippen molar-refractivity contribution in [1.29, 1.82) is 0 Å². The smallest absolute Gasteiger partial charge is 0.323 e. The molecule has 0 heterocycles. The van der Waals surface area contributed by atoms with E-state index in [1.165, 1.54) is 7.11 Å². The highest BCUT2D eigenvalue weighted by Gasteiger charge is 2.17. The van der Waals surface area contributed by atoms with Crippen molar-refractivity contribution in [1.82, 2.24) is 0 Å². The van der Waals surface area contributed by atoms with Crippen LogP contribution in [0.2, 0.25) is 0 Å². The van der Waals surface area contributed by atoms with Gasteiger partial charge in [0.15, 0.2) is 0 Å². The van der Waals surface area contributed by atoms with Crippen molar-refractivity contribution < 1.29 is 9.53 Å². The standard InChI is InChI=1S/C10H9Br3O2/c1-15-10(14)8(11)6-2-4-7(5-3-6)9(12)13/h2-5,8-9H,1H3. The zero-order valence-electron chi connectivity index (χ0n) is 7.91. The molecule has 0 fully saturated rings. The molecule has 0 radical (unpaired) electrons. The van der Waals surface area contributed by atoms with E-state index in [1.807, 2.05) is 24.3 Å². The van der Waals surface area contributed by atoms with Gasteiger partial charge in [-0.3, -0.25) is 4.79 Å². The van der Waals surface area contributed by atoms with Gasteiger partial charge in [0.05, 0.1) is 10.8 Å². The number of hydrogen-bond donors (Lipinski definition) is 0. The summed E-state index contributed by atoms with van der Waals surface area (Å²) in [5, 5.41) is 0. The third kappa shape index (κ3) is 3.57. The molecule has 0 saturated carbocycles. The molecule has 0 aliphatic carbocycles. The zero-order valence-corrected chi connectivity index (χ0v) is 12.7. The second-order valence-corrected chi connectivity index (χ2v) is 6.83. The molecule has 1 aromatic rings. The SMILES string of the molecule is COC(=O)C(Br)c1ccc(C(Br)Br)cc1. The molecular weight excluding hydrogens is 392 g/mol. The first-order chi connectivity index (χ1) is 7.06. The number of carbonyl (C=O) groups excluding carboxylic acids is 1. The van der Waals surface area contributed by atoms with Gasteiger partial charge in [-0.25, -0.2) is 0 Å². The molecule has 2 nitrogen and oxygen atoms in total. The number of carbonyl (C=O) groups is 1. The predicted octanol–water partition coefficient (Wildman–Crippen LogP) is 4.08. The van der Waals surface area contributed by atoms with Crippen LogP contribution in [0, 0.1) is 0 Å². The van der Waals surface area contributed by atoms with E-state index in [1.54, 1.807) is 0 Å². The molecule has 5 heteroatoms. The number of ether oxygens (including phenoxy) is 1. The highest BCUT2D eigenvalue weighted by Crippen LogP contribution is 2.31. The Bertz CT molecular complexity index is 335. The summed E-state index contributed by atoms with van der Waals surface area (Å²) in [6.07, 6.45) is 0. The molecule has 15 heavy (non-hydrogen) atoms. The average Bonchev–Trinajstić information content (AvgIpc) is 2.27. The minimum atomic E-state index is -0.402. The Balaban J connectivity index is 2.84. The first kappa shape index (κ1) is 13.2. The van der Waals surface area contributed by atoms with Gasteiger partial charge >= 0.3 is 5.97 Å². The van der Waals surface area contributed by atoms with E-state index in [0.29, 0.717) is 0 Å². The van der Waals surface area contributed by atoms with Crippen LogP contribution in [0.1, 0.15) is 19.7 Å². The second-order valence-electron chi connectivity index (χ2n) is 2.85. The Kier molecular flexibility index (Phi) is 5.29. The Morgan fingerprint density at radius 3 is 2.00 bits per heavy atom. The Labute approximate surface area is 114 Å². The Morgan fingerprint density at radius 2 is 1.60 bits per heavy atom. The number of esters is 1. The lowest BCUT2D eigenvalue weighted by atomic mass is 10.1. The first-order valence-electron chi connectivity index (χ1n) is 4.16. The Morgan fingerprint density at radius 1 is 1.13 bits per heavy atom. The van der Waals surface area contributed by atoms with Crippen molar-refractivity contribution in [3.63, 3.8) is 0 Å². The van der Waals surface area contributed by atoms with E-state index in [2.05, 4.69) is 52.5 Å². The number of benzene rings is 1. The number of rotatable bonds is 3. The van der Waals surface area contributed by atoms with Gasteiger partial charge < -0.3 is 4.74 Å². The largest absolute Gasteiger partial charge is 0.468 e. The molecular formula is C10H9Br3O2. The van der Waals surface area contributed by atoms with E-state index < -0.39 is 4.83 Å². The van der Waals surface area contributed by atoms with Gasteiger partial charge in [-0.2, -0.15) is 0 Å². The molecule has 1 unspecified atom stereocenters. The maximum atomic E-state index is 11.2. The third-order valence-corrected chi connectivity index (χ3v) is 3.85. The minimum Gasteiger partial charge on any atom is -0.468 e. The molecule has 0 spiro atoms. The fraction of sp³-hybridized carbons (Fsp3) is 0.300. The van der Waals surface area contributed by atoms with Gasteiger partial charge in [-0.15, -0.1) is 0 Å². The lowest BCUT2D eigenvalue weighted by Gasteiger charge is -2.09. The highest BCUT2D eigenvalue weighted by molar-refractivity contribution is 9.24. The van der Waals surface area contributed by atoms with Gasteiger partial charge in [0.2, 0.25) is 0 Å². The minimum absolute atomic E-state index is 0.131. The van der Waals surface area contributed by atoms with Crippen LogP contribution in [0.25, 0.3) is 0 Å². The van der Waals surface area contributed by atoms with E-state index in [-0.39, 0.29) is 9.71 Å². The van der Waals surface area contributed by atoms with Crippen LogP contribution < -0.4 is 0 Å². The maximum Gasteiger partial charge on any atom is 0.323 e. The molecule has 0 aromatic heterocycles. The number of hydrogen-bond acceptors (Lipinski definition) is 2. The third-order valence-electron chi connectivity index (χ3n) is 1.89. The molecule has 0 aliphatic heterocycles. The predicted molar refractivity (Wildman–Crippen MR) is 70.7 cm³/mol. The lowest BCUT2D eigenvalue weighted by molar-refractivity contribution is -0.139. The van der Waals surface area contributed by atoms with Crippen molar-refractivity contribution in [3.05, 3.63) is 35.4 Å². The lowest BCUT2D eigenvalue weighted by Crippen LogP contribution is -2.08. The topological polar surface area (TPSA) is 26.3 Å². The molecule has 0 amide bonds. The van der Waals surface area contributed by atoms with Crippen LogP contribution in [-0.2, 0) is 9.53 Å². The zero-order chi connectivity index (χ0) is 11.4. The number of alkyl halides is 3. The summed E-state index contributed by atoms with van der Waals surface area (Å²) in [4.78, 5) is 10.8. The second kappa shape index (κ2) is 6.01. The van der Waals surface area contributed by atoms with Crippen molar-refractivity contribution >= 4 is 53.8 Å². The van der Waals surface area contributed by atoms with Gasteiger partial charge in [-0.05, 0) is 11.1 Å². The molecule has 0 bridgehead atoms. The van der Waals surface area contributed by atoms with Gasteiger partial charge in [0.1, 0.15) is 4.83 Å². The molecule has 1 aromatic carbocycles. The molecule has 0 saturated heterocycles. The summed E-state index contributed by atoms with van der Waals surface area (Å²) in [6.45, 7) is 0. The fourth-order valence-corrected chi connectivity index (χ4v) is 2.15. The van der Waals surface area contributed by atoms with Crippen LogP contribution in [0.3, 0.4) is 0 Å². The molecule has 82 valence electrons. The molecule has 0 aliphatic rings. The molecule has 0 N–H and O–H groups in total. The van der Waals surface area contributed by atoms with Crippen LogP contribution in [0.4, 0.5) is 0 Å². The normalized spacial score (nSPS) is 12.6. The van der Waals surface area contributed by atoms with Gasteiger partial charge in [-0.1, -0.05) is 72.1 Å². The first-order valence-corrected chi connectivity index (χ1v) is 6.91. The fourth-order valence-electron chi connectivity index (χ4n) is 1.05. The van der Waals surface area contributed by atoms with E-state index in [0.717, 1.165) is 11.1 Å². The van der Waals surface area contributed by atoms with Crippen LogP contribution in [0.15, 0.2) is 24.3 Å².